The molecule has 21 heavy (non-hydrogen) atoms. The van der Waals surface area contributed by atoms with Crippen LogP contribution in [0.15, 0.2) is 24.3 Å². The normalized spacial score (nSPS) is 10.3. The van der Waals surface area contributed by atoms with Crippen molar-refractivity contribution < 1.29 is 4.74 Å². The number of anilines is 2. The van der Waals surface area contributed by atoms with Crippen molar-refractivity contribution in [3.63, 3.8) is 0 Å². The average molecular weight is 308 g/mol. The Labute approximate surface area is 129 Å². The van der Waals surface area contributed by atoms with E-state index in [0.717, 1.165) is 13.1 Å². The Morgan fingerprint density at radius 1 is 1.19 bits per heavy atom. The molecule has 7 heteroatoms. The molecule has 0 fully saturated rings. The highest BCUT2D eigenvalue weighted by Crippen LogP contribution is 2.23. The summed E-state index contributed by atoms with van der Waals surface area (Å²) in [4.78, 5) is 14.9. The van der Waals surface area contributed by atoms with E-state index in [0.29, 0.717) is 22.7 Å². The molecule has 2 rings (SSSR count). The molecule has 0 aliphatic heterocycles. The first-order chi connectivity index (χ1) is 10.2. The van der Waals surface area contributed by atoms with E-state index in [1.54, 1.807) is 25.2 Å². The van der Waals surface area contributed by atoms with Gasteiger partial charge in [-0.05, 0) is 32.0 Å². The zero-order chi connectivity index (χ0) is 15.2. The molecule has 0 radical (unpaired) electrons. The van der Waals surface area contributed by atoms with Gasteiger partial charge in [0.2, 0.25) is 11.9 Å². The van der Waals surface area contributed by atoms with Crippen LogP contribution in [-0.4, -0.2) is 35.1 Å². The lowest BCUT2D eigenvalue weighted by Gasteiger charge is -2.19. The molecule has 0 aliphatic carbocycles. The summed E-state index contributed by atoms with van der Waals surface area (Å²) in [6.45, 7) is 5.70. The molecule has 1 aromatic carbocycles. The van der Waals surface area contributed by atoms with Crippen LogP contribution >= 0.6 is 11.6 Å². The van der Waals surface area contributed by atoms with Crippen LogP contribution in [0.3, 0.4) is 0 Å². The fraction of sp³-hybridized carbons (Fsp3) is 0.357. The Kier molecular flexibility index (Phi) is 5.16. The predicted molar refractivity (Wildman–Crippen MR) is 84.5 cm³/mol. The number of benzene rings is 1. The largest absolute Gasteiger partial charge is 0.424 e. The molecule has 0 saturated heterocycles. The number of hydrogen-bond acceptors (Lipinski definition) is 6. The third-order valence-electron chi connectivity index (χ3n) is 2.88. The second-order valence-corrected chi connectivity index (χ2v) is 4.66. The van der Waals surface area contributed by atoms with E-state index in [-0.39, 0.29) is 6.01 Å². The highest BCUT2D eigenvalue weighted by molar-refractivity contribution is 6.30. The van der Waals surface area contributed by atoms with Crippen LogP contribution in [-0.2, 0) is 0 Å². The standard InChI is InChI=1S/C14H18ClN5O/c1-4-20(5-2)13-17-12(16-3)18-14(19-13)21-11-8-6-7-10(15)9-11/h6-9H,4-5H2,1-3H3,(H,16,17,18,19). The van der Waals surface area contributed by atoms with Crippen LogP contribution in [0, 0.1) is 0 Å². The Hall–Kier alpha value is -2.08. The highest BCUT2D eigenvalue weighted by Gasteiger charge is 2.12. The van der Waals surface area contributed by atoms with E-state index in [2.05, 4.69) is 20.3 Å². The molecule has 0 spiro atoms. The van der Waals surface area contributed by atoms with Crippen molar-refractivity contribution in [1.82, 2.24) is 15.0 Å². The minimum absolute atomic E-state index is 0.235. The number of aromatic nitrogens is 3. The molecule has 0 saturated carbocycles. The topological polar surface area (TPSA) is 63.2 Å². The number of rotatable bonds is 6. The van der Waals surface area contributed by atoms with Crippen molar-refractivity contribution in [2.24, 2.45) is 0 Å². The molecule has 1 aromatic heterocycles. The molecule has 0 unspecified atom stereocenters. The van der Waals surface area contributed by atoms with Crippen molar-refractivity contribution >= 4 is 23.5 Å². The lowest BCUT2D eigenvalue weighted by molar-refractivity contribution is 0.440. The number of nitrogens with zero attached hydrogens (tertiary/aromatic N) is 4. The molecule has 0 bridgehead atoms. The van der Waals surface area contributed by atoms with Crippen LogP contribution in [0.1, 0.15) is 13.8 Å². The first kappa shape index (κ1) is 15.3. The van der Waals surface area contributed by atoms with E-state index in [4.69, 9.17) is 16.3 Å². The van der Waals surface area contributed by atoms with Gasteiger partial charge in [0.25, 0.3) is 0 Å². The van der Waals surface area contributed by atoms with Gasteiger partial charge in [-0.1, -0.05) is 17.7 Å². The number of ether oxygens (including phenoxy) is 1. The lowest BCUT2D eigenvalue weighted by atomic mass is 10.3. The zero-order valence-corrected chi connectivity index (χ0v) is 13.1. The number of halogens is 1. The van der Waals surface area contributed by atoms with E-state index >= 15 is 0 Å². The molecule has 0 amide bonds. The van der Waals surface area contributed by atoms with Crippen molar-refractivity contribution in [3.8, 4) is 11.8 Å². The third kappa shape index (κ3) is 3.95. The van der Waals surface area contributed by atoms with Gasteiger partial charge in [-0.3, -0.25) is 0 Å². The SMILES string of the molecule is CCN(CC)c1nc(NC)nc(Oc2cccc(Cl)c2)n1. The molecular formula is C14H18ClN5O. The maximum Gasteiger partial charge on any atom is 0.328 e. The molecule has 1 N–H and O–H groups in total. The molecule has 1 heterocycles. The van der Waals surface area contributed by atoms with E-state index in [1.807, 2.05) is 24.8 Å². The van der Waals surface area contributed by atoms with E-state index < -0.39 is 0 Å². The fourth-order valence-electron chi connectivity index (χ4n) is 1.79. The van der Waals surface area contributed by atoms with Gasteiger partial charge in [0.05, 0.1) is 0 Å². The summed E-state index contributed by atoms with van der Waals surface area (Å²) in [6, 6.07) is 7.33. The summed E-state index contributed by atoms with van der Waals surface area (Å²) >= 11 is 5.94. The van der Waals surface area contributed by atoms with Gasteiger partial charge in [-0.15, -0.1) is 0 Å². The summed E-state index contributed by atoms with van der Waals surface area (Å²) in [6.07, 6.45) is 0. The van der Waals surface area contributed by atoms with E-state index in [1.165, 1.54) is 0 Å². The summed E-state index contributed by atoms with van der Waals surface area (Å²) in [7, 11) is 1.75. The molecule has 6 nitrogen and oxygen atoms in total. The fourth-order valence-corrected chi connectivity index (χ4v) is 1.97. The maximum atomic E-state index is 5.94. The minimum atomic E-state index is 0.235. The summed E-state index contributed by atoms with van der Waals surface area (Å²) in [5, 5.41) is 3.51. The first-order valence-corrected chi connectivity index (χ1v) is 7.16. The zero-order valence-electron chi connectivity index (χ0n) is 12.3. The van der Waals surface area contributed by atoms with Crippen LogP contribution in [0.4, 0.5) is 11.9 Å². The Balaban J connectivity index is 2.32. The average Bonchev–Trinajstić information content (AvgIpc) is 2.48. The van der Waals surface area contributed by atoms with Gasteiger partial charge in [-0.2, -0.15) is 15.0 Å². The smallest absolute Gasteiger partial charge is 0.328 e. The van der Waals surface area contributed by atoms with Gasteiger partial charge in [0.1, 0.15) is 5.75 Å². The van der Waals surface area contributed by atoms with Crippen LogP contribution in [0.25, 0.3) is 0 Å². The van der Waals surface area contributed by atoms with Crippen molar-refractivity contribution in [1.29, 1.82) is 0 Å². The number of hydrogen-bond donors (Lipinski definition) is 1. The van der Waals surface area contributed by atoms with Gasteiger partial charge >= 0.3 is 6.01 Å². The van der Waals surface area contributed by atoms with Crippen molar-refractivity contribution in [2.75, 3.05) is 30.4 Å². The predicted octanol–water partition coefficient (Wildman–Crippen LogP) is 3.21. The van der Waals surface area contributed by atoms with Crippen molar-refractivity contribution in [2.45, 2.75) is 13.8 Å². The first-order valence-electron chi connectivity index (χ1n) is 6.78. The Bertz CT molecular complexity index is 604. The quantitative estimate of drug-likeness (QED) is 0.884. The molecule has 112 valence electrons. The van der Waals surface area contributed by atoms with Crippen molar-refractivity contribution in [3.05, 3.63) is 29.3 Å². The second-order valence-electron chi connectivity index (χ2n) is 4.22. The maximum absolute atomic E-state index is 5.94. The van der Waals surface area contributed by atoms with Gasteiger partial charge in [0.15, 0.2) is 0 Å². The van der Waals surface area contributed by atoms with Crippen LogP contribution in [0.2, 0.25) is 5.02 Å². The van der Waals surface area contributed by atoms with Crippen LogP contribution < -0.4 is 15.0 Å². The monoisotopic (exact) mass is 307 g/mol. The van der Waals surface area contributed by atoms with Crippen LogP contribution in [0.5, 0.6) is 11.8 Å². The summed E-state index contributed by atoms with van der Waals surface area (Å²) in [5.41, 5.74) is 0. The summed E-state index contributed by atoms with van der Waals surface area (Å²) < 4.78 is 5.67. The Morgan fingerprint density at radius 2 is 1.95 bits per heavy atom. The third-order valence-corrected chi connectivity index (χ3v) is 3.11. The lowest BCUT2D eigenvalue weighted by Crippen LogP contribution is -2.25. The van der Waals surface area contributed by atoms with Gasteiger partial charge < -0.3 is 15.0 Å². The molecule has 2 aromatic rings. The second kappa shape index (κ2) is 7.08. The summed E-state index contributed by atoms with van der Waals surface area (Å²) in [5.74, 6) is 1.63. The molecule has 0 atom stereocenters. The molecular weight excluding hydrogens is 290 g/mol. The molecule has 0 aliphatic rings. The van der Waals surface area contributed by atoms with Gasteiger partial charge in [0, 0.05) is 25.2 Å². The minimum Gasteiger partial charge on any atom is -0.424 e. The Morgan fingerprint density at radius 3 is 2.57 bits per heavy atom. The number of nitrogens with one attached hydrogen (secondary N) is 1. The van der Waals surface area contributed by atoms with Gasteiger partial charge in [-0.25, -0.2) is 0 Å². The highest BCUT2D eigenvalue weighted by atomic mass is 35.5. The van der Waals surface area contributed by atoms with E-state index in [9.17, 15) is 0 Å².